The Bertz CT molecular complexity index is 225. The van der Waals surface area contributed by atoms with Gasteiger partial charge in [-0.2, -0.15) is 0 Å². The van der Waals surface area contributed by atoms with Gasteiger partial charge in [-0.1, -0.05) is 12.8 Å². The van der Waals surface area contributed by atoms with Crippen LogP contribution in [0.3, 0.4) is 0 Å². The van der Waals surface area contributed by atoms with Gasteiger partial charge in [-0.25, -0.2) is 0 Å². The minimum Gasteiger partial charge on any atom is -0.315 e. The molecule has 1 heterocycles. The monoisotopic (exact) mass is 222 g/mol. The average molecular weight is 222 g/mol. The summed E-state index contributed by atoms with van der Waals surface area (Å²) in [5, 5.41) is 7.54. The molecule has 0 radical (unpaired) electrons. The maximum atomic E-state index is 3.89. The largest absolute Gasteiger partial charge is 0.315 e. The van der Waals surface area contributed by atoms with Gasteiger partial charge in [0, 0.05) is 18.6 Å². The number of hydrogen-bond donors (Lipinski definition) is 2. The molecule has 0 aromatic carbocycles. The minimum atomic E-state index is 0.762. The van der Waals surface area contributed by atoms with E-state index >= 15 is 0 Å². The van der Waals surface area contributed by atoms with E-state index in [1.807, 2.05) is 0 Å². The Kier molecular flexibility index (Phi) is 3.49. The predicted molar refractivity (Wildman–Crippen MR) is 67.5 cm³/mol. The Morgan fingerprint density at radius 1 is 0.875 bits per heavy atom. The van der Waals surface area contributed by atoms with Crippen LogP contribution in [0.25, 0.3) is 0 Å². The van der Waals surface area contributed by atoms with E-state index in [9.17, 15) is 0 Å². The third-order valence-corrected chi connectivity index (χ3v) is 4.77. The molecule has 0 bridgehead atoms. The molecule has 1 aliphatic heterocycles. The van der Waals surface area contributed by atoms with Gasteiger partial charge in [-0.3, -0.25) is 0 Å². The van der Waals surface area contributed by atoms with Gasteiger partial charge in [0.05, 0.1) is 0 Å². The van der Waals surface area contributed by atoms with E-state index in [1.165, 1.54) is 64.5 Å². The second-order valence-electron chi connectivity index (χ2n) is 6.19. The van der Waals surface area contributed by atoms with E-state index < -0.39 is 0 Å². The Labute approximate surface area is 99.6 Å². The van der Waals surface area contributed by atoms with Gasteiger partial charge in [-0.05, 0) is 56.9 Å². The van der Waals surface area contributed by atoms with E-state index in [0.717, 1.165) is 23.9 Å². The molecule has 3 fully saturated rings. The average Bonchev–Trinajstić information content (AvgIpc) is 3.13. The molecule has 92 valence electrons. The molecule has 2 saturated carbocycles. The second kappa shape index (κ2) is 5.05. The van der Waals surface area contributed by atoms with Crippen LogP contribution in [-0.4, -0.2) is 25.2 Å². The van der Waals surface area contributed by atoms with Crippen molar-refractivity contribution in [3.8, 4) is 0 Å². The van der Waals surface area contributed by atoms with Crippen LogP contribution >= 0.6 is 0 Å². The zero-order valence-electron chi connectivity index (χ0n) is 10.4. The molecule has 3 aliphatic rings. The molecular weight excluding hydrogens is 196 g/mol. The third kappa shape index (κ3) is 2.78. The molecule has 16 heavy (non-hydrogen) atoms. The lowest BCUT2D eigenvalue weighted by atomic mass is 9.78. The van der Waals surface area contributed by atoms with Gasteiger partial charge in [0.2, 0.25) is 0 Å². The smallest absolute Gasteiger partial charge is 0.0195 e. The second-order valence-corrected chi connectivity index (χ2v) is 6.19. The molecular formula is C14H26N2. The molecule has 3 atom stereocenters. The van der Waals surface area contributed by atoms with Crippen molar-refractivity contribution in [2.75, 3.05) is 13.1 Å². The van der Waals surface area contributed by atoms with Crippen LogP contribution in [0.2, 0.25) is 0 Å². The standard InChI is InChI=1S/C14H26N2/c1-2-4-14-12(3-1)7-8-13(16-14)10-15-9-11-5-6-11/h11-16H,1-10H2. The Morgan fingerprint density at radius 2 is 1.75 bits per heavy atom. The molecule has 2 aliphatic carbocycles. The van der Waals surface area contributed by atoms with Crippen molar-refractivity contribution in [3.63, 3.8) is 0 Å². The number of rotatable bonds is 4. The molecule has 1 saturated heterocycles. The van der Waals surface area contributed by atoms with Gasteiger partial charge >= 0.3 is 0 Å². The van der Waals surface area contributed by atoms with Crippen molar-refractivity contribution in [1.82, 2.24) is 10.6 Å². The zero-order chi connectivity index (χ0) is 10.8. The van der Waals surface area contributed by atoms with Crippen molar-refractivity contribution in [2.45, 2.75) is 63.5 Å². The maximum absolute atomic E-state index is 3.89. The first-order chi connectivity index (χ1) is 7.92. The van der Waals surface area contributed by atoms with Crippen molar-refractivity contribution < 1.29 is 0 Å². The molecule has 2 N–H and O–H groups in total. The van der Waals surface area contributed by atoms with Gasteiger partial charge in [0.15, 0.2) is 0 Å². The number of fused-ring (bicyclic) bond motifs is 1. The first-order valence-corrected chi connectivity index (χ1v) is 7.38. The van der Waals surface area contributed by atoms with E-state index in [1.54, 1.807) is 0 Å². The van der Waals surface area contributed by atoms with Gasteiger partial charge in [-0.15, -0.1) is 0 Å². The van der Waals surface area contributed by atoms with Crippen LogP contribution in [-0.2, 0) is 0 Å². The van der Waals surface area contributed by atoms with Crippen LogP contribution in [0.1, 0.15) is 51.4 Å². The summed E-state index contributed by atoms with van der Waals surface area (Å²) < 4.78 is 0. The molecule has 0 amide bonds. The van der Waals surface area contributed by atoms with Gasteiger partial charge in [0.1, 0.15) is 0 Å². The van der Waals surface area contributed by atoms with Crippen molar-refractivity contribution in [3.05, 3.63) is 0 Å². The fraction of sp³-hybridized carbons (Fsp3) is 1.00. The fourth-order valence-corrected chi connectivity index (χ4v) is 3.52. The Morgan fingerprint density at radius 3 is 2.62 bits per heavy atom. The summed E-state index contributed by atoms with van der Waals surface area (Å²) in [7, 11) is 0. The topological polar surface area (TPSA) is 24.1 Å². The maximum Gasteiger partial charge on any atom is 0.0195 e. The number of hydrogen-bond acceptors (Lipinski definition) is 2. The van der Waals surface area contributed by atoms with Gasteiger partial charge in [0.25, 0.3) is 0 Å². The SMILES string of the molecule is C1CCC2NC(CNCC3CC3)CCC2C1. The highest BCUT2D eigenvalue weighted by molar-refractivity contribution is 4.90. The Hall–Kier alpha value is -0.0800. The summed E-state index contributed by atoms with van der Waals surface area (Å²) in [5.41, 5.74) is 0. The molecule has 0 aromatic heterocycles. The van der Waals surface area contributed by atoms with E-state index in [-0.39, 0.29) is 0 Å². The molecule has 0 spiro atoms. The highest BCUT2D eigenvalue weighted by atomic mass is 15.0. The van der Waals surface area contributed by atoms with Crippen molar-refractivity contribution >= 4 is 0 Å². The zero-order valence-corrected chi connectivity index (χ0v) is 10.4. The summed E-state index contributed by atoms with van der Waals surface area (Å²) in [5.74, 6) is 2.03. The molecule has 0 aromatic rings. The summed E-state index contributed by atoms with van der Waals surface area (Å²) >= 11 is 0. The molecule has 3 unspecified atom stereocenters. The number of nitrogens with one attached hydrogen (secondary N) is 2. The highest BCUT2D eigenvalue weighted by Gasteiger charge is 2.31. The Balaban J connectivity index is 1.39. The summed E-state index contributed by atoms with van der Waals surface area (Å²) in [6, 6.07) is 1.62. The molecule has 2 heteroatoms. The summed E-state index contributed by atoms with van der Waals surface area (Å²) in [4.78, 5) is 0. The fourth-order valence-electron chi connectivity index (χ4n) is 3.52. The molecule has 2 nitrogen and oxygen atoms in total. The lowest BCUT2D eigenvalue weighted by molar-refractivity contribution is 0.174. The van der Waals surface area contributed by atoms with Crippen LogP contribution in [0, 0.1) is 11.8 Å². The van der Waals surface area contributed by atoms with E-state index in [4.69, 9.17) is 0 Å². The first kappa shape index (κ1) is 11.0. The highest BCUT2D eigenvalue weighted by Crippen LogP contribution is 2.32. The quantitative estimate of drug-likeness (QED) is 0.762. The summed E-state index contributed by atoms with van der Waals surface area (Å²) in [6.45, 7) is 2.48. The van der Waals surface area contributed by atoms with Gasteiger partial charge < -0.3 is 10.6 Å². The van der Waals surface area contributed by atoms with E-state index in [0.29, 0.717) is 0 Å². The lowest BCUT2D eigenvalue weighted by Gasteiger charge is -2.40. The first-order valence-electron chi connectivity index (χ1n) is 7.38. The lowest BCUT2D eigenvalue weighted by Crippen LogP contribution is -2.52. The van der Waals surface area contributed by atoms with E-state index in [2.05, 4.69) is 10.6 Å². The predicted octanol–water partition coefficient (Wildman–Crippen LogP) is 2.30. The van der Waals surface area contributed by atoms with Crippen LogP contribution < -0.4 is 10.6 Å². The van der Waals surface area contributed by atoms with Crippen molar-refractivity contribution in [2.24, 2.45) is 11.8 Å². The molecule has 3 rings (SSSR count). The minimum absolute atomic E-state index is 0.762. The number of piperidine rings is 1. The van der Waals surface area contributed by atoms with Crippen LogP contribution in [0.5, 0.6) is 0 Å². The summed E-state index contributed by atoms with van der Waals surface area (Å²) in [6.07, 6.45) is 11.7. The van der Waals surface area contributed by atoms with Crippen LogP contribution in [0.4, 0.5) is 0 Å². The third-order valence-electron chi connectivity index (χ3n) is 4.77. The normalized spacial score (nSPS) is 39.4. The van der Waals surface area contributed by atoms with Crippen molar-refractivity contribution in [1.29, 1.82) is 0 Å². The van der Waals surface area contributed by atoms with Crippen LogP contribution in [0.15, 0.2) is 0 Å².